The predicted octanol–water partition coefficient (Wildman–Crippen LogP) is 1.62. The van der Waals surface area contributed by atoms with Crippen molar-refractivity contribution in [2.24, 2.45) is 5.16 Å². The Morgan fingerprint density at radius 3 is 2.89 bits per heavy atom. The maximum atomic E-state index is 7.94. The van der Waals surface area contributed by atoms with Crippen molar-refractivity contribution in [1.29, 1.82) is 0 Å². The zero-order valence-corrected chi connectivity index (χ0v) is 5.09. The fourth-order valence-corrected chi connectivity index (χ4v) is 0.570. The van der Waals surface area contributed by atoms with Gasteiger partial charge in [0.1, 0.15) is 0 Å². The molecule has 4 heteroatoms. The first-order valence-electron chi connectivity index (χ1n) is 2.18. The van der Waals surface area contributed by atoms with Crippen LogP contribution in [0.25, 0.3) is 0 Å². The topological polar surface area (TPSA) is 45.7 Å². The smallest absolute Gasteiger partial charge is 0.194 e. The Morgan fingerprint density at radius 1 is 1.67 bits per heavy atom. The van der Waals surface area contributed by atoms with Crippen LogP contribution in [-0.2, 0) is 0 Å². The molecule has 0 unspecified atom stereocenters. The third-order valence-corrected chi connectivity index (χ3v) is 0.937. The first-order chi connectivity index (χ1) is 4.33. The van der Waals surface area contributed by atoms with Crippen LogP contribution in [-0.4, -0.2) is 11.4 Å². The summed E-state index contributed by atoms with van der Waals surface area (Å²) in [6.07, 6.45) is 2.16. The van der Waals surface area contributed by atoms with Gasteiger partial charge >= 0.3 is 0 Å². The van der Waals surface area contributed by atoms with E-state index in [1.54, 1.807) is 6.07 Å². The van der Waals surface area contributed by atoms with E-state index >= 15 is 0 Å². The fourth-order valence-electron chi connectivity index (χ4n) is 0.424. The van der Waals surface area contributed by atoms with Gasteiger partial charge in [-0.2, -0.15) is 0 Å². The van der Waals surface area contributed by atoms with Crippen molar-refractivity contribution >= 4 is 17.8 Å². The van der Waals surface area contributed by atoms with E-state index in [1.165, 1.54) is 6.07 Å². The van der Waals surface area contributed by atoms with Crippen LogP contribution in [0.1, 0.15) is 5.76 Å². The van der Waals surface area contributed by atoms with Crippen LogP contribution in [0.2, 0.25) is 5.22 Å². The molecule has 0 saturated heterocycles. The van der Waals surface area contributed by atoms with E-state index in [4.69, 9.17) is 21.2 Å². The average molecular weight is 145 g/mol. The molecule has 0 atom stereocenters. The summed E-state index contributed by atoms with van der Waals surface area (Å²) < 4.78 is 4.72. The highest BCUT2D eigenvalue weighted by Crippen LogP contribution is 2.10. The highest BCUT2D eigenvalue weighted by atomic mass is 35.5. The lowest BCUT2D eigenvalue weighted by atomic mass is 10.5. The molecule has 0 spiro atoms. The number of hydrogen-bond donors (Lipinski definition) is 1. The zero-order chi connectivity index (χ0) is 6.69. The van der Waals surface area contributed by atoms with E-state index in [0.717, 1.165) is 0 Å². The monoisotopic (exact) mass is 144 g/mol. The molecule has 1 aromatic rings. The predicted molar refractivity (Wildman–Crippen MR) is 32.0 cm³/mol. The molecule has 1 heterocycles. The van der Waals surface area contributed by atoms with E-state index in [-0.39, 0.29) is 5.22 Å². The van der Waals surface area contributed by atoms with Gasteiger partial charge in [0, 0.05) is 0 Å². The lowest BCUT2D eigenvalue weighted by molar-refractivity contribution is 0.320. The van der Waals surface area contributed by atoms with Crippen LogP contribution in [0.5, 0.6) is 0 Å². The van der Waals surface area contributed by atoms with Gasteiger partial charge in [0.25, 0.3) is 0 Å². The summed E-state index contributed by atoms with van der Waals surface area (Å²) in [5.41, 5.74) is 0. The van der Waals surface area contributed by atoms with Gasteiger partial charge in [-0.15, -0.1) is 0 Å². The van der Waals surface area contributed by atoms with E-state index < -0.39 is 0 Å². The van der Waals surface area contributed by atoms with Crippen LogP contribution < -0.4 is 0 Å². The van der Waals surface area contributed by atoms with E-state index in [1.807, 2.05) is 0 Å². The molecule has 1 N–H and O–H groups in total. The Labute approximate surface area is 56.5 Å². The van der Waals surface area contributed by atoms with Crippen molar-refractivity contribution in [1.82, 2.24) is 0 Å². The minimum absolute atomic E-state index is 0.251. The maximum Gasteiger partial charge on any atom is 0.194 e. The molecule has 0 fully saturated rings. The molecular formula is C5H3ClNO2. The van der Waals surface area contributed by atoms with Gasteiger partial charge in [0.05, 0.1) is 0 Å². The summed E-state index contributed by atoms with van der Waals surface area (Å²) in [5.74, 6) is 0.308. The molecule has 1 rings (SSSR count). The Morgan fingerprint density at radius 2 is 2.44 bits per heavy atom. The van der Waals surface area contributed by atoms with Gasteiger partial charge in [0.2, 0.25) is 0 Å². The molecule has 0 amide bonds. The maximum absolute atomic E-state index is 7.94. The number of rotatable bonds is 1. The zero-order valence-electron chi connectivity index (χ0n) is 4.34. The second kappa shape index (κ2) is 2.55. The standard InChI is InChI=1S/C5H3ClNO2/c6-5-2-1-4(9-5)3-7-8/h1-2,8H. The van der Waals surface area contributed by atoms with Crippen molar-refractivity contribution < 1.29 is 9.62 Å². The molecule has 0 aliphatic rings. The van der Waals surface area contributed by atoms with Crippen molar-refractivity contribution in [3.05, 3.63) is 23.1 Å². The Kier molecular flexibility index (Phi) is 1.75. The third kappa shape index (κ3) is 1.47. The van der Waals surface area contributed by atoms with Crippen LogP contribution >= 0.6 is 11.6 Å². The summed E-state index contributed by atoms with van der Waals surface area (Å²) >= 11 is 5.37. The van der Waals surface area contributed by atoms with Gasteiger partial charge in [-0.05, 0) is 23.7 Å². The van der Waals surface area contributed by atoms with Crippen LogP contribution in [0.3, 0.4) is 0 Å². The largest absolute Gasteiger partial charge is 0.443 e. The van der Waals surface area contributed by atoms with Gasteiger partial charge in [-0.3, -0.25) is 0 Å². The van der Waals surface area contributed by atoms with Crippen LogP contribution in [0.15, 0.2) is 21.7 Å². The number of halogens is 1. The molecule has 1 aromatic heterocycles. The number of nitrogens with zero attached hydrogens (tertiary/aromatic N) is 1. The lowest BCUT2D eigenvalue weighted by Crippen LogP contribution is -1.70. The Bertz CT molecular complexity index is 218. The molecule has 0 aliphatic heterocycles. The van der Waals surface area contributed by atoms with Crippen molar-refractivity contribution in [2.75, 3.05) is 0 Å². The van der Waals surface area contributed by atoms with E-state index in [2.05, 4.69) is 11.4 Å². The van der Waals surface area contributed by atoms with Gasteiger partial charge in [-0.25, -0.2) is 0 Å². The van der Waals surface area contributed by atoms with E-state index in [9.17, 15) is 0 Å². The molecule has 0 aromatic carbocycles. The number of furan rings is 1. The molecule has 0 saturated carbocycles. The van der Waals surface area contributed by atoms with Gasteiger partial charge < -0.3 is 9.62 Å². The quantitative estimate of drug-likeness (QED) is 0.370. The lowest BCUT2D eigenvalue weighted by Gasteiger charge is -1.76. The average Bonchev–Trinajstić information content (AvgIpc) is 2.17. The van der Waals surface area contributed by atoms with Gasteiger partial charge in [-0.1, -0.05) is 5.16 Å². The summed E-state index contributed by atoms with van der Waals surface area (Å²) in [4.78, 5) is 0. The summed E-state index contributed by atoms with van der Waals surface area (Å²) in [7, 11) is 0. The van der Waals surface area contributed by atoms with Gasteiger partial charge in [0.15, 0.2) is 17.2 Å². The minimum atomic E-state index is 0.251. The summed E-state index contributed by atoms with van der Waals surface area (Å²) in [6.45, 7) is 0. The third-order valence-electron chi connectivity index (χ3n) is 0.733. The molecule has 9 heavy (non-hydrogen) atoms. The molecule has 0 bridgehead atoms. The summed E-state index contributed by atoms with van der Waals surface area (Å²) in [6, 6.07) is 3.08. The van der Waals surface area contributed by atoms with Crippen molar-refractivity contribution in [3.8, 4) is 0 Å². The first-order valence-corrected chi connectivity index (χ1v) is 2.56. The van der Waals surface area contributed by atoms with Crippen molar-refractivity contribution in [3.63, 3.8) is 0 Å². The molecule has 1 radical (unpaired) electrons. The second-order valence-corrected chi connectivity index (χ2v) is 1.69. The molecule has 47 valence electrons. The molecular weight excluding hydrogens is 142 g/mol. The fraction of sp³-hybridized carbons (Fsp3) is 0. The minimum Gasteiger partial charge on any atom is -0.443 e. The van der Waals surface area contributed by atoms with Crippen LogP contribution in [0.4, 0.5) is 0 Å². The highest BCUT2D eigenvalue weighted by molar-refractivity contribution is 6.28. The normalized spacial score (nSPS) is 10.8. The second-order valence-electron chi connectivity index (χ2n) is 1.32. The first kappa shape index (κ1) is 6.16. The van der Waals surface area contributed by atoms with Crippen LogP contribution in [0, 0.1) is 0 Å². The Balaban J connectivity index is 2.85. The SMILES string of the molecule is O/N=[C]/c1ccc(Cl)o1. The van der Waals surface area contributed by atoms with Crippen molar-refractivity contribution in [2.45, 2.75) is 0 Å². The molecule has 0 aliphatic carbocycles. The number of hydrogen-bond acceptors (Lipinski definition) is 3. The summed E-state index contributed by atoms with van der Waals surface area (Å²) in [5, 5.41) is 10.8. The molecule has 3 nitrogen and oxygen atoms in total. The Hall–Kier alpha value is -0.960. The van der Waals surface area contributed by atoms with E-state index in [0.29, 0.717) is 5.76 Å². The highest BCUT2D eigenvalue weighted by Gasteiger charge is 1.94.